The second kappa shape index (κ2) is 4.65. The smallest absolute Gasteiger partial charge is 0.138 e. The number of rotatable bonds is 3. The largest absolute Gasteiger partial charge is 0.393 e. The molecule has 0 amide bonds. The Bertz CT molecular complexity index is 235. The van der Waals surface area contributed by atoms with Crippen molar-refractivity contribution in [1.29, 1.82) is 0 Å². The summed E-state index contributed by atoms with van der Waals surface area (Å²) in [6, 6.07) is 0. The van der Waals surface area contributed by atoms with Crippen molar-refractivity contribution in [2.75, 3.05) is 0 Å². The highest BCUT2D eigenvalue weighted by atomic mass is 16.3. The summed E-state index contributed by atoms with van der Waals surface area (Å²) in [5.41, 5.74) is -0.264. The lowest BCUT2D eigenvalue weighted by Gasteiger charge is -2.41. The number of aliphatic hydroxyl groups is 1. The molecule has 0 spiro atoms. The number of aliphatic hydroxyl groups excluding tert-OH is 1. The second-order valence-corrected chi connectivity index (χ2v) is 5.56. The monoisotopic (exact) mass is 212 g/mol. The van der Waals surface area contributed by atoms with Crippen LogP contribution in [-0.2, 0) is 4.79 Å². The summed E-state index contributed by atoms with van der Waals surface area (Å²) in [4.78, 5) is 11.8. The Morgan fingerprint density at radius 2 is 2.13 bits per heavy atom. The lowest BCUT2D eigenvalue weighted by Crippen LogP contribution is -2.41. The van der Waals surface area contributed by atoms with Crippen LogP contribution in [0.15, 0.2) is 0 Å². The molecule has 0 radical (unpaired) electrons. The van der Waals surface area contributed by atoms with Gasteiger partial charge in [-0.3, -0.25) is 4.79 Å². The van der Waals surface area contributed by atoms with Crippen LogP contribution in [0, 0.1) is 17.3 Å². The van der Waals surface area contributed by atoms with E-state index < -0.39 is 0 Å². The van der Waals surface area contributed by atoms with Crippen LogP contribution in [0.1, 0.15) is 53.4 Å². The van der Waals surface area contributed by atoms with Crippen molar-refractivity contribution in [3.8, 4) is 0 Å². The maximum absolute atomic E-state index is 11.8. The fourth-order valence-electron chi connectivity index (χ4n) is 2.85. The molecule has 1 aliphatic carbocycles. The molecule has 1 saturated carbocycles. The van der Waals surface area contributed by atoms with E-state index >= 15 is 0 Å². The topological polar surface area (TPSA) is 37.3 Å². The fourth-order valence-corrected chi connectivity index (χ4v) is 2.85. The summed E-state index contributed by atoms with van der Waals surface area (Å²) in [5, 5.41) is 10.1. The fraction of sp³-hybridized carbons (Fsp3) is 0.923. The number of carbonyl (C=O) groups excluding carboxylic acids is 1. The Kier molecular flexibility index (Phi) is 3.93. The third-order valence-electron chi connectivity index (χ3n) is 4.03. The first-order valence-electron chi connectivity index (χ1n) is 6.12. The SMILES string of the molecule is CCC(=O)C1(C)CCC(C(C)C)C(O)C1. The minimum Gasteiger partial charge on any atom is -0.393 e. The van der Waals surface area contributed by atoms with Crippen molar-refractivity contribution < 1.29 is 9.90 Å². The average Bonchev–Trinajstić information content (AvgIpc) is 2.15. The van der Waals surface area contributed by atoms with Crippen molar-refractivity contribution in [3.63, 3.8) is 0 Å². The standard InChI is InChI=1S/C13H24O2/c1-5-12(15)13(4)7-6-10(9(2)3)11(14)8-13/h9-11,14H,5-8H2,1-4H3. The number of carbonyl (C=O) groups is 1. The molecule has 0 aromatic carbocycles. The van der Waals surface area contributed by atoms with E-state index in [1.54, 1.807) is 0 Å². The maximum atomic E-state index is 11.8. The second-order valence-electron chi connectivity index (χ2n) is 5.56. The van der Waals surface area contributed by atoms with Gasteiger partial charge in [-0.05, 0) is 31.1 Å². The van der Waals surface area contributed by atoms with Crippen molar-refractivity contribution in [2.45, 2.75) is 59.5 Å². The van der Waals surface area contributed by atoms with Gasteiger partial charge in [-0.15, -0.1) is 0 Å². The zero-order valence-electron chi connectivity index (χ0n) is 10.4. The predicted molar refractivity (Wildman–Crippen MR) is 61.6 cm³/mol. The first-order chi connectivity index (χ1) is 6.90. The molecule has 3 unspecified atom stereocenters. The van der Waals surface area contributed by atoms with Crippen LogP contribution >= 0.6 is 0 Å². The molecular formula is C13H24O2. The molecular weight excluding hydrogens is 188 g/mol. The molecule has 2 nitrogen and oxygen atoms in total. The highest BCUT2D eigenvalue weighted by Crippen LogP contribution is 2.42. The van der Waals surface area contributed by atoms with Gasteiger partial charge in [0.05, 0.1) is 6.10 Å². The highest BCUT2D eigenvalue weighted by Gasteiger charge is 2.41. The lowest BCUT2D eigenvalue weighted by molar-refractivity contribution is -0.133. The molecule has 0 bridgehead atoms. The molecule has 3 atom stereocenters. The number of hydrogen-bond acceptors (Lipinski definition) is 2. The van der Waals surface area contributed by atoms with Crippen molar-refractivity contribution >= 4 is 5.78 Å². The molecule has 1 rings (SSSR count). The Morgan fingerprint density at radius 1 is 1.53 bits per heavy atom. The Balaban J connectivity index is 2.68. The summed E-state index contributed by atoms with van der Waals surface area (Å²) in [6.45, 7) is 8.23. The number of hydrogen-bond donors (Lipinski definition) is 1. The lowest BCUT2D eigenvalue weighted by atomic mass is 9.65. The Hall–Kier alpha value is -0.370. The minimum atomic E-state index is -0.292. The molecule has 88 valence electrons. The molecule has 0 aromatic rings. The Labute approximate surface area is 93.1 Å². The van der Waals surface area contributed by atoms with E-state index in [2.05, 4.69) is 13.8 Å². The van der Waals surface area contributed by atoms with Gasteiger partial charge >= 0.3 is 0 Å². The van der Waals surface area contributed by atoms with E-state index in [0.29, 0.717) is 30.5 Å². The Morgan fingerprint density at radius 3 is 2.53 bits per heavy atom. The minimum absolute atomic E-state index is 0.264. The van der Waals surface area contributed by atoms with Gasteiger partial charge in [0.2, 0.25) is 0 Å². The van der Waals surface area contributed by atoms with Crippen LogP contribution in [0.2, 0.25) is 0 Å². The van der Waals surface area contributed by atoms with Gasteiger partial charge in [0.25, 0.3) is 0 Å². The van der Waals surface area contributed by atoms with Gasteiger partial charge in [-0.1, -0.05) is 27.7 Å². The van der Waals surface area contributed by atoms with Crippen molar-refractivity contribution in [1.82, 2.24) is 0 Å². The summed E-state index contributed by atoms with van der Waals surface area (Å²) in [6.07, 6.45) is 2.89. The van der Waals surface area contributed by atoms with Crippen molar-refractivity contribution in [3.05, 3.63) is 0 Å². The number of ketones is 1. The third-order valence-corrected chi connectivity index (χ3v) is 4.03. The molecule has 0 heterocycles. The molecule has 1 fully saturated rings. The third kappa shape index (κ3) is 2.60. The van der Waals surface area contributed by atoms with Gasteiger partial charge < -0.3 is 5.11 Å². The molecule has 15 heavy (non-hydrogen) atoms. The van der Waals surface area contributed by atoms with E-state index in [0.717, 1.165) is 12.8 Å². The van der Waals surface area contributed by atoms with E-state index in [4.69, 9.17) is 0 Å². The molecule has 1 N–H and O–H groups in total. The molecule has 2 heteroatoms. The van der Waals surface area contributed by atoms with Crippen molar-refractivity contribution in [2.24, 2.45) is 17.3 Å². The average molecular weight is 212 g/mol. The van der Waals surface area contributed by atoms with Gasteiger partial charge in [-0.25, -0.2) is 0 Å². The van der Waals surface area contributed by atoms with Crippen LogP contribution in [0.5, 0.6) is 0 Å². The van der Waals surface area contributed by atoms with E-state index in [-0.39, 0.29) is 11.5 Å². The summed E-state index contributed by atoms with van der Waals surface area (Å²) in [7, 11) is 0. The van der Waals surface area contributed by atoms with E-state index in [1.807, 2.05) is 13.8 Å². The summed E-state index contributed by atoms with van der Waals surface area (Å²) >= 11 is 0. The highest BCUT2D eigenvalue weighted by molar-refractivity contribution is 5.84. The molecule has 0 aromatic heterocycles. The zero-order chi connectivity index (χ0) is 11.6. The van der Waals surface area contributed by atoms with E-state index in [9.17, 15) is 9.90 Å². The van der Waals surface area contributed by atoms with Gasteiger partial charge in [0, 0.05) is 11.8 Å². The summed E-state index contributed by atoms with van der Waals surface area (Å²) < 4.78 is 0. The van der Waals surface area contributed by atoms with Crippen LogP contribution in [0.3, 0.4) is 0 Å². The first-order valence-corrected chi connectivity index (χ1v) is 6.12. The van der Waals surface area contributed by atoms with Gasteiger partial charge in [-0.2, -0.15) is 0 Å². The number of Topliss-reactive ketones (excluding diaryl/α,β-unsaturated/α-hetero) is 1. The molecule has 0 saturated heterocycles. The van der Waals surface area contributed by atoms with Gasteiger partial charge in [0.15, 0.2) is 0 Å². The quantitative estimate of drug-likeness (QED) is 0.781. The van der Waals surface area contributed by atoms with Crippen LogP contribution < -0.4 is 0 Å². The van der Waals surface area contributed by atoms with Gasteiger partial charge in [0.1, 0.15) is 5.78 Å². The van der Waals surface area contributed by atoms with Crippen LogP contribution in [-0.4, -0.2) is 17.0 Å². The van der Waals surface area contributed by atoms with Crippen LogP contribution in [0.25, 0.3) is 0 Å². The van der Waals surface area contributed by atoms with E-state index in [1.165, 1.54) is 0 Å². The molecule has 1 aliphatic rings. The first kappa shape index (κ1) is 12.7. The maximum Gasteiger partial charge on any atom is 0.138 e. The van der Waals surface area contributed by atoms with Crippen LogP contribution in [0.4, 0.5) is 0 Å². The zero-order valence-corrected chi connectivity index (χ0v) is 10.4. The predicted octanol–water partition coefficient (Wildman–Crippen LogP) is 2.79. The molecule has 0 aliphatic heterocycles. The normalized spacial score (nSPS) is 36.9. The summed E-state index contributed by atoms with van der Waals surface area (Å²) in [5.74, 6) is 1.20.